The Morgan fingerprint density at radius 3 is 2.24 bits per heavy atom. The van der Waals surface area contributed by atoms with Crippen LogP contribution in [0.25, 0.3) is 11.1 Å². The highest BCUT2D eigenvalue weighted by atomic mass is 32.2. The van der Waals surface area contributed by atoms with E-state index in [0.29, 0.717) is 5.56 Å². The van der Waals surface area contributed by atoms with Gasteiger partial charge in [0.05, 0.1) is 12.4 Å². The Kier molecular flexibility index (Phi) is 13.3. The van der Waals surface area contributed by atoms with Crippen LogP contribution < -0.4 is 5.32 Å². The molecule has 2 aromatic carbocycles. The van der Waals surface area contributed by atoms with Crippen LogP contribution in [-0.4, -0.2) is 43.5 Å². The average molecular weight is 586 g/mol. The van der Waals surface area contributed by atoms with E-state index in [4.69, 9.17) is 9.15 Å². The van der Waals surface area contributed by atoms with E-state index in [2.05, 4.69) is 19.2 Å². The van der Waals surface area contributed by atoms with Gasteiger partial charge in [0.25, 0.3) is 5.91 Å². The first kappa shape index (κ1) is 33.8. The molecule has 0 saturated heterocycles. The number of carboxylic acids is 1. The van der Waals surface area contributed by atoms with Crippen molar-refractivity contribution in [2.45, 2.75) is 79.1 Å². The number of aliphatic carboxylic acids is 1. The van der Waals surface area contributed by atoms with Crippen molar-refractivity contribution in [3.8, 4) is 11.1 Å². The lowest BCUT2D eigenvalue weighted by molar-refractivity contribution is -0.139. The van der Waals surface area contributed by atoms with Crippen molar-refractivity contribution in [3.05, 3.63) is 82.8 Å². The van der Waals surface area contributed by atoms with Gasteiger partial charge in [0.15, 0.2) is 0 Å². The minimum absolute atomic E-state index is 0.226. The molecule has 3 rings (SSSR count). The Bertz CT molecular complexity index is 1390. The van der Waals surface area contributed by atoms with Crippen molar-refractivity contribution in [1.82, 2.24) is 5.32 Å². The van der Waals surface area contributed by atoms with Gasteiger partial charge in [0.2, 0.25) is 0 Å². The van der Waals surface area contributed by atoms with Crippen molar-refractivity contribution >= 4 is 21.7 Å². The van der Waals surface area contributed by atoms with Crippen LogP contribution in [0.4, 0.5) is 0 Å². The molecule has 1 aromatic heterocycles. The number of benzene rings is 2. The molecule has 2 atom stereocenters. The molecule has 0 radical (unpaired) electrons. The second-order valence-electron chi connectivity index (χ2n) is 10.1. The summed E-state index contributed by atoms with van der Waals surface area (Å²) in [6, 6.07) is 15.3. The third-order valence-electron chi connectivity index (χ3n) is 6.58. The van der Waals surface area contributed by atoms with Gasteiger partial charge in [-0.2, -0.15) is 0 Å². The van der Waals surface area contributed by atoms with E-state index in [-0.39, 0.29) is 30.4 Å². The molecule has 3 aromatic rings. The first-order valence-electron chi connectivity index (χ1n) is 14.0. The Hall–Kier alpha value is -3.43. The number of carboxylic acid groups (broad SMARTS) is 1. The molecule has 1 amide bonds. The number of carbonyl (C=O) groups excluding carboxylic acids is 1. The number of carbonyl (C=O) groups is 2. The lowest BCUT2D eigenvalue weighted by Crippen LogP contribution is -2.42. The normalized spacial score (nSPS) is 12.6. The summed E-state index contributed by atoms with van der Waals surface area (Å²) >= 11 is 0. The van der Waals surface area contributed by atoms with Gasteiger partial charge >= 0.3 is 5.97 Å². The summed E-state index contributed by atoms with van der Waals surface area (Å²) in [6.45, 7) is 10.5. The molecular weight excluding hydrogens is 542 g/mol. The molecule has 0 aliphatic carbocycles. The van der Waals surface area contributed by atoms with Crippen molar-refractivity contribution in [2.75, 3.05) is 12.0 Å². The highest BCUT2D eigenvalue weighted by Gasteiger charge is 2.24. The molecule has 1 heterocycles. The maximum Gasteiger partial charge on any atom is 0.326 e. The molecule has 0 bridgehead atoms. The summed E-state index contributed by atoms with van der Waals surface area (Å²) in [7, 11) is -3.38. The van der Waals surface area contributed by atoms with Gasteiger partial charge in [0, 0.05) is 18.2 Å². The van der Waals surface area contributed by atoms with E-state index in [1.54, 1.807) is 12.1 Å². The summed E-state index contributed by atoms with van der Waals surface area (Å²) in [4.78, 5) is 24.9. The van der Waals surface area contributed by atoms with E-state index >= 15 is 0 Å². The van der Waals surface area contributed by atoms with Gasteiger partial charge < -0.3 is 19.6 Å². The fourth-order valence-electron chi connectivity index (χ4n) is 3.91. The Labute approximate surface area is 244 Å². The predicted molar refractivity (Wildman–Crippen MR) is 162 cm³/mol. The molecule has 0 aliphatic heterocycles. The number of ether oxygens (including phenoxy) is 1. The molecule has 9 heteroatoms. The second-order valence-corrected chi connectivity index (χ2v) is 12.3. The summed E-state index contributed by atoms with van der Waals surface area (Å²) in [6.07, 6.45) is 3.97. The SMILES string of the molecule is CCCC.CCc1ccc(C(C)OCc2ccc(C(=O)NC(CCS(C)(=O)=O)C(=O)O)c(-c3ccccc3C)c2)o1. The van der Waals surface area contributed by atoms with Crippen molar-refractivity contribution < 1.29 is 32.3 Å². The quantitative estimate of drug-likeness (QED) is 0.234. The first-order chi connectivity index (χ1) is 19.4. The van der Waals surface area contributed by atoms with Crippen molar-refractivity contribution in [3.63, 3.8) is 0 Å². The zero-order valence-corrected chi connectivity index (χ0v) is 25.7. The molecule has 2 unspecified atom stereocenters. The zero-order chi connectivity index (χ0) is 30.6. The molecule has 0 spiro atoms. The molecule has 2 N–H and O–H groups in total. The maximum atomic E-state index is 13.2. The topological polar surface area (TPSA) is 123 Å². The van der Waals surface area contributed by atoms with Crippen LogP contribution in [0.2, 0.25) is 0 Å². The summed E-state index contributed by atoms with van der Waals surface area (Å²) in [5.41, 5.74) is 3.51. The molecule has 8 nitrogen and oxygen atoms in total. The number of amides is 1. The smallest absolute Gasteiger partial charge is 0.326 e. The standard InChI is InChI=1S/C28H33NO7S.C4H10/c1-5-21-11-13-26(36-21)19(3)35-17-20-10-12-23(24(16-20)22-9-7-6-8-18(22)2)27(30)29-25(28(31)32)14-15-37(4,33)34;1-3-4-2/h6-13,16,19,25H,5,14-15,17H2,1-4H3,(H,29,30)(H,31,32);3-4H2,1-2H3. The Morgan fingerprint density at radius 2 is 1.68 bits per heavy atom. The number of sulfone groups is 1. The van der Waals surface area contributed by atoms with Gasteiger partial charge in [-0.3, -0.25) is 4.79 Å². The lowest BCUT2D eigenvalue weighted by Gasteiger charge is -2.18. The highest BCUT2D eigenvalue weighted by Crippen LogP contribution is 2.29. The van der Waals surface area contributed by atoms with E-state index in [1.165, 1.54) is 12.8 Å². The van der Waals surface area contributed by atoms with Gasteiger partial charge in [-0.15, -0.1) is 0 Å². The number of nitrogens with one attached hydrogen (secondary N) is 1. The van der Waals surface area contributed by atoms with E-state index < -0.39 is 27.8 Å². The maximum absolute atomic E-state index is 13.2. The predicted octanol–water partition coefficient (Wildman–Crippen LogP) is 6.52. The average Bonchev–Trinajstić information content (AvgIpc) is 3.43. The van der Waals surface area contributed by atoms with Crippen molar-refractivity contribution in [1.29, 1.82) is 0 Å². The summed E-state index contributed by atoms with van der Waals surface area (Å²) in [5, 5.41) is 12.0. The van der Waals surface area contributed by atoms with Crippen LogP contribution >= 0.6 is 0 Å². The molecule has 0 aliphatic rings. The Balaban J connectivity index is 0.00000138. The number of rotatable bonds is 13. The van der Waals surface area contributed by atoms with E-state index in [1.807, 2.05) is 63.2 Å². The number of hydrogen-bond donors (Lipinski definition) is 2. The fraction of sp³-hybridized carbons (Fsp3) is 0.438. The van der Waals surface area contributed by atoms with Gasteiger partial charge in [0.1, 0.15) is 33.5 Å². The van der Waals surface area contributed by atoms with Crippen LogP contribution in [0, 0.1) is 6.92 Å². The van der Waals surface area contributed by atoms with Crippen LogP contribution in [-0.2, 0) is 32.4 Å². The highest BCUT2D eigenvalue weighted by molar-refractivity contribution is 7.90. The number of hydrogen-bond acceptors (Lipinski definition) is 6. The second kappa shape index (κ2) is 16.1. The molecule has 0 saturated carbocycles. The number of aryl methyl sites for hydroxylation is 2. The first-order valence-corrected chi connectivity index (χ1v) is 16.1. The monoisotopic (exact) mass is 585 g/mol. The van der Waals surface area contributed by atoms with Gasteiger partial charge in [-0.05, 0) is 66.8 Å². The minimum Gasteiger partial charge on any atom is -0.480 e. The van der Waals surface area contributed by atoms with Crippen LogP contribution in [0.1, 0.15) is 86.1 Å². The Morgan fingerprint density at radius 1 is 1.00 bits per heavy atom. The van der Waals surface area contributed by atoms with Crippen LogP contribution in [0.5, 0.6) is 0 Å². The largest absolute Gasteiger partial charge is 0.480 e. The lowest BCUT2D eigenvalue weighted by atomic mass is 9.93. The van der Waals surface area contributed by atoms with E-state index in [0.717, 1.165) is 40.9 Å². The molecular formula is C32H43NO7S. The number of unbranched alkanes of at least 4 members (excludes halogenated alkanes) is 1. The van der Waals surface area contributed by atoms with Crippen molar-refractivity contribution in [2.24, 2.45) is 0 Å². The van der Waals surface area contributed by atoms with E-state index in [9.17, 15) is 23.1 Å². The number of furan rings is 1. The van der Waals surface area contributed by atoms with Gasteiger partial charge in [-0.25, -0.2) is 13.2 Å². The van der Waals surface area contributed by atoms with Gasteiger partial charge in [-0.1, -0.05) is 63.9 Å². The third kappa shape index (κ3) is 10.8. The zero-order valence-electron chi connectivity index (χ0n) is 24.9. The summed E-state index contributed by atoms with van der Waals surface area (Å²) < 4.78 is 34.8. The summed E-state index contributed by atoms with van der Waals surface area (Å²) in [5.74, 6) is -0.612. The molecule has 0 fully saturated rings. The fourth-order valence-corrected chi connectivity index (χ4v) is 4.57. The van der Waals surface area contributed by atoms with Crippen LogP contribution in [0.3, 0.4) is 0 Å². The minimum atomic E-state index is -3.38. The molecule has 224 valence electrons. The molecule has 41 heavy (non-hydrogen) atoms. The van der Waals surface area contributed by atoms with Crippen LogP contribution in [0.15, 0.2) is 59.0 Å². The third-order valence-corrected chi connectivity index (χ3v) is 7.55.